The summed E-state index contributed by atoms with van der Waals surface area (Å²) in [6, 6.07) is 0. The van der Waals surface area contributed by atoms with E-state index in [1.807, 2.05) is 6.92 Å². The number of sulfone groups is 1. The summed E-state index contributed by atoms with van der Waals surface area (Å²) in [5.41, 5.74) is 0.380. The van der Waals surface area contributed by atoms with Crippen LogP contribution in [0, 0.1) is 18.6 Å². The summed E-state index contributed by atoms with van der Waals surface area (Å²) in [7, 11) is -3.84. The third kappa shape index (κ3) is 4.62. The number of ether oxygens (including phenoxy) is 1. The molecule has 1 aliphatic rings. The van der Waals surface area contributed by atoms with Gasteiger partial charge < -0.3 is 4.74 Å². The Morgan fingerprint density at radius 1 is 1.12 bits per heavy atom. The molecule has 33 heavy (non-hydrogen) atoms. The Balaban J connectivity index is 1.72. The Labute approximate surface area is 190 Å². The van der Waals surface area contributed by atoms with Crippen molar-refractivity contribution in [1.29, 1.82) is 0 Å². The second kappa shape index (κ2) is 9.18. The molecule has 3 aromatic heterocycles. The fraction of sp³-hybridized carbons (Fsp3) is 0.476. The monoisotopic (exact) mass is 478 g/mol. The maximum Gasteiger partial charge on any atom is 0.168 e. The first kappa shape index (κ1) is 23.3. The number of hydrogen-bond acceptors (Lipinski definition) is 8. The van der Waals surface area contributed by atoms with E-state index in [2.05, 4.69) is 25.1 Å². The van der Waals surface area contributed by atoms with Crippen LogP contribution in [0.3, 0.4) is 0 Å². The zero-order valence-electron chi connectivity index (χ0n) is 18.4. The minimum atomic E-state index is -3.84. The third-order valence-electron chi connectivity index (χ3n) is 5.83. The minimum Gasteiger partial charge on any atom is -0.370 e. The van der Waals surface area contributed by atoms with Crippen molar-refractivity contribution in [1.82, 2.24) is 29.7 Å². The van der Waals surface area contributed by atoms with E-state index in [0.717, 1.165) is 28.9 Å². The summed E-state index contributed by atoms with van der Waals surface area (Å²) in [6.45, 7) is 5.58. The topological polar surface area (TPSA) is 113 Å². The molecule has 3 aromatic rings. The predicted octanol–water partition coefficient (Wildman–Crippen LogP) is 3.00. The molecule has 9 nitrogen and oxygen atoms in total. The van der Waals surface area contributed by atoms with Gasteiger partial charge in [-0.3, -0.25) is 9.55 Å². The lowest BCUT2D eigenvalue weighted by molar-refractivity contribution is 0.103. The van der Waals surface area contributed by atoms with Gasteiger partial charge in [0.25, 0.3) is 0 Å². The third-order valence-corrected chi connectivity index (χ3v) is 8.04. The molecule has 0 radical (unpaired) electrons. The van der Waals surface area contributed by atoms with Crippen molar-refractivity contribution in [3.05, 3.63) is 59.5 Å². The molecule has 1 saturated heterocycles. The quantitative estimate of drug-likeness (QED) is 0.509. The Bertz CT molecular complexity index is 1220. The molecule has 0 saturated carbocycles. The van der Waals surface area contributed by atoms with Crippen molar-refractivity contribution < 1.29 is 21.9 Å². The number of aromatic nitrogens is 6. The fourth-order valence-corrected chi connectivity index (χ4v) is 5.30. The van der Waals surface area contributed by atoms with Crippen LogP contribution in [-0.2, 0) is 20.3 Å². The molecule has 0 bridgehead atoms. The highest BCUT2D eigenvalue weighted by molar-refractivity contribution is 7.91. The molecule has 1 aliphatic heterocycles. The van der Waals surface area contributed by atoms with E-state index < -0.39 is 50.2 Å². The van der Waals surface area contributed by atoms with Gasteiger partial charge in [0.1, 0.15) is 23.4 Å². The molecule has 0 N–H and O–H groups in total. The number of rotatable bonds is 7. The second-order valence-corrected chi connectivity index (χ2v) is 10.5. The molecular formula is C21H24F2N6O3S. The largest absolute Gasteiger partial charge is 0.370 e. The van der Waals surface area contributed by atoms with Gasteiger partial charge in [0.2, 0.25) is 0 Å². The fourth-order valence-electron chi connectivity index (χ4n) is 3.75. The highest BCUT2D eigenvalue weighted by Gasteiger charge is 2.34. The van der Waals surface area contributed by atoms with Crippen molar-refractivity contribution in [3.8, 4) is 5.69 Å². The van der Waals surface area contributed by atoms with Gasteiger partial charge in [-0.25, -0.2) is 27.2 Å². The first-order valence-electron chi connectivity index (χ1n) is 10.5. The molecule has 0 unspecified atom stereocenters. The molecule has 4 rings (SSSR count). The molecule has 3 atom stereocenters. The van der Waals surface area contributed by atoms with Crippen LogP contribution >= 0.6 is 0 Å². The van der Waals surface area contributed by atoms with Crippen LogP contribution < -0.4 is 0 Å². The maximum atomic E-state index is 14.6. The Kier molecular flexibility index (Phi) is 6.48. The smallest absolute Gasteiger partial charge is 0.168 e. The molecule has 0 amide bonds. The van der Waals surface area contributed by atoms with Crippen molar-refractivity contribution in [2.24, 2.45) is 0 Å². The summed E-state index contributed by atoms with van der Waals surface area (Å²) in [5.74, 6) is -2.56. The highest BCUT2D eigenvalue weighted by Crippen LogP contribution is 2.32. The summed E-state index contributed by atoms with van der Waals surface area (Å²) in [4.78, 5) is 12.0. The summed E-state index contributed by atoms with van der Waals surface area (Å²) in [6.07, 6.45) is 5.74. The first-order valence-corrected chi connectivity index (χ1v) is 12.3. The summed E-state index contributed by atoms with van der Waals surface area (Å²) >= 11 is 0. The van der Waals surface area contributed by atoms with Gasteiger partial charge in [-0.05, 0) is 32.3 Å². The predicted molar refractivity (Wildman–Crippen MR) is 114 cm³/mol. The van der Waals surface area contributed by atoms with Gasteiger partial charge in [0.05, 0.1) is 17.6 Å². The van der Waals surface area contributed by atoms with Crippen LogP contribution in [0.2, 0.25) is 0 Å². The Hall–Kier alpha value is -2.86. The maximum absolute atomic E-state index is 14.6. The Morgan fingerprint density at radius 2 is 1.79 bits per heavy atom. The van der Waals surface area contributed by atoms with Gasteiger partial charge in [0.15, 0.2) is 33.1 Å². The molecule has 0 aromatic carbocycles. The van der Waals surface area contributed by atoms with Gasteiger partial charge >= 0.3 is 0 Å². The molecular weight excluding hydrogens is 454 g/mol. The van der Waals surface area contributed by atoms with Gasteiger partial charge in [-0.2, -0.15) is 0 Å². The lowest BCUT2D eigenvalue weighted by atomic mass is 10.1. The molecule has 0 spiro atoms. The Morgan fingerprint density at radius 3 is 2.39 bits per heavy atom. The lowest BCUT2D eigenvalue weighted by Crippen LogP contribution is -2.28. The average molecular weight is 479 g/mol. The molecule has 176 valence electrons. The van der Waals surface area contributed by atoms with Crippen LogP contribution in [0.25, 0.3) is 5.69 Å². The number of hydrogen-bond donors (Lipinski definition) is 0. The van der Waals surface area contributed by atoms with E-state index in [9.17, 15) is 17.2 Å². The molecule has 1 fully saturated rings. The summed E-state index contributed by atoms with van der Waals surface area (Å²) < 4.78 is 62.6. The van der Waals surface area contributed by atoms with E-state index in [1.54, 1.807) is 26.2 Å². The van der Waals surface area contributed by atoms with Crippen LogP contribution in [0.1, 0.15) is 61.7 Å². The SMILES string of the molecule is Cc1cnc([C@@H](C)[C@H](C)S(=O)(=O)Cc2nnc([C@H]3CCCO3)n2-c2c(F)cncc2F)nc1. The summed E-state index contributed by atoms with van der Waals surface area (Å²) in [5, 5.41) is 7.17. The zero-order chi connectivity index (χ0) is 23.8. The zero-order valence-corrected chi connectivity index (χ0v) is 19.3. The minimum absolute atomic E-state index is 0.103. The number of pyridine rings is 1. The first-order chi connectivity index (χ1) is 15.7. The normalized spacial score (nSPS) is 18.4. The molecule has 4 heterocycles. The van der Waals surface area contributed by atoms with Crippen molar-refractivity contribution in [3.63, 3.8) is 0 Å². The number of halogens is 2. The molecule has 12 heteroatoms. The highest BCUT2D eigenvalue weighted by atomic mass is 32.2. The van der Waals surface area contributed by atoms with E-state index >= 15 is 0 Å². The van der Waals surface area contributed by atoms with E-state index in [1.165, 1.54) is 0 Å². The van der Waals surface area contributed by atoms with Gasteiger partial charge in [-0.1, -0.05) is 6.92 Å². The van der Waals surface area contributed by atoms with Gasteiger partial charge in [0, 0.05) is 24.9 Å². The van der Waals surface area contributed by atoms with E-state index in [0.29, 0.717) is 18.9 Å². The van der Waals surface area contributed by atoms with Crippen LogP contribution in [0.5, 0.6) is 0 Å². The van der Waals surface area contributed by atoms with Crippen LogP contribution in [0.4, 0.5) is 8.78 Å². The van der Waals surface area contributed by atoms with E-state index in [-0.39, 0.29) is 11.6 Å². The second-order valence-electron chi connectivity index (χ2n) is 8.18. The van der Waals surface area contributed by atoms with Crippen molar-refractivity contribution in [2.75, 3.05) is 6.61 Å². The van der Waals surface area contributed by atoms with Crippen molar-refractivity contribution in [2.45, 2.75) is 56.6 Å². The molecule has 0 aliphatic carbocycles. The van der Waals surface area contributed by atoms with E-state index in [4.69, 9.17) is 4.74 Å². The van der Waals surface area contributed by atoms with Gasteiger partial charge in [-0.15, -0.1) is 10.2 Å². The van der Waals surface area contributed by atoms with Crippen LogP contribution in [0.15, 0.2) is 24.8 Å². The number of nitrogens with zero attached hydrogens (tertiary/aromatic N) is 6. The number of aryl methyl sites for hydroxylation is 1. The average Bonchev–Trinajstić information content (AvgIpc) is 3.43. The van der Waals surface area contributed by atoms with Crippen molar-refractivity contribution >= 4 is 9.84 Å². The van der Waals surface area contributed by atoms with Crippen LogP contribution in [-0.4, -0.2) is 50.0 Å². The lowest BCUT2D eigenvalue weighted by Gasteiger charge is -2.20. The standard InChI is InChI=1S/C21H24F2N6O3S/c1-12-7-25-20(26-8-12)13(2)14(3)33(30,31)11-18-27-28-21(17-5-4-6-32-17)29(18)19-15(22)9-24-10-16(19)23/h7-10,13-14,17H,4-6,11H2,1-3H3/t13-,14-,17+/m0/s1.